The van der Waals surface area contributed by atoms with Crippen LogP contribution in [0, 0.1) is 27.7 Å². The maximum absolute atomic E-state index is 12.5. The number of carbonyl (C=O) groups excluding carboxylic acids is 1. The summed E-state index contributed by atoms with van der Waals surface area (Å²) in [5, 5.41) is 12.9. The molecule has 1 aromatic heterocycles. The van der Waals surface area contributed by atoms with Crippen LogP contribution in [0.4, 0.5) is 5.69 Å². The summed E-state index contributed by atoms with van der Waals surface area (Å²) >= 11 is 7.60. The zero-order chi connectivity index (χ0) is 24.1. The molecule has 3 rings (SSSR count). The second kappa shape index (κ2) is 10.9. The molecule has 0 fully saturated rings. The number of rotatable bonds is 9. The molecule has 3 aromatic rings. The van der Waals surface area contributed by atoms with Crippen LogP contribution < -0.4 is 10.1 Å². The van der Waals surface area contributed by atoms with Crippen LogP contribution in [0.2, 0.25) is 5.02 Å². The summed E-state index contributed by atoms with van der Waals surface area (Å²) < 4.78 is 8.06. The lowest BCUT2D eigenvalue weighted by molar-refractivity contribution is -0.113. The van der Waals surface area contributed by atoms with E-state index in [9.17, 15) is 4.79 Å². The van der Waals surface area contributed by atoms with Crippen molar-refractivity contribution in [3.8, 4) is 5.75 Å². The van der Waals surface area contributed by atoms with E-state index in [1.165, 1.54) is 17.3 Å². The van der Waals surface area contributed by atoms with Gasteiger partial charge >= 0.3 is 0 Å². The highest BCUT2D eigenvalue weighted by atomic mass is 35.5. The second-order valence-electron chi connectivity index (χ2n) is 8.01. The van der Waals surface area contributed by atoms with E-state index in [4.69, 9.17) is 16.3 Å². The SMILES string of the molecule is C=CCn1c(SCC(=O)Nc2ccc(C)c(C)c2)nnc1C(C)Oc1cc(C)c(Cl)c(C)c1. The first-order valence-corrected chi connectivity index (χ1v) is 12.0. The normalized spacial score (nSPS) is 11.8. The molecule has 0 saturated heterocycles. The smallest absolute Gasteiger partial charge is 0.234 e. The first-order chi connectivity index (χ1) is 15.7. The summed E-state index contributed by atoms with van der Waals surface area (Å²) in [6, 6.07) is 9.69. The molecule has 1 N–H and O–H groups in total. The van der Waals surface area contributed by atoms with Crippen molar-refractivity contribution in [1.29, 1.82) is 0 Å². The lowest BCUT2D eigenvalue weighted by atomic mass is 10.1. The second-order valence-corrected chi connectivity index (χ2v) is 9.33. The van der Waals surface area contributed by atoms with Gasteiger partial charge < -0.3 is 10.1 Å². The molecule has 1 atom stereocenters. The Kier molecular flexibility index (Phi) is 8.21. The molecule has 1 amide bonds. The van der Waals surface area contributed by atoms with Gasteiger partial charge in [0, 0.05) is 17.3 Å². The topological polar surface area (TPSA) is 69.0 Å². The number of allylic oxidation sites excluding steroid dienone is 1. The van der Waals surface area contributed by atoms with Crippen molar-refractivity contribution in [2.45, 2.75) is 52.4 Å². The third-order valence-corrected chi connectivity index (χ3v) is 6.83. The van der Waals surface area contributed by atoms with Gasteiger partial charge in [-0.2, -0.15) is 0 Å². The molecule has 0 aliphatic heterocycles. The van der Waals surface area contributed by atoms with Gasteiger partial charge in [-0.1, -0.05) is 35.5 Å². The summed E-state index contributed by atoms with van der Waals surface area (Å²) in [7, 11) is 0. The highest BCUT2D eigenvalue weighted by molar-refractivity contribution is 7.99. The van der Waals surface area contributed by atoms with E-state index in [0.29, 0.717) is 17.5 Å². The molecule has 2 aromatic carbocycles. The van der Waals surface area contributed by atoms with Gasteiger partial charge in [0.1, 0.15) is 5.75 Å². The van der Waals surface area contributed by atoms with Crippen LogP contribution in [-0.4, -0.2) is 26.4 Å². The zero-order valence-electron chi connectivity index (χ0n) is 19.6. The third kappa shape index (κ3) is 6.18. The zero-order valence-corrected chi connectivity index (χ0v) is 21.2. The predicted octanol–water partition coefficient (Wildman–Crippen LogP) is 6.22. The van der Waals surface area contributed by atoms with E-state index < -0.39 is 0 Å². The van der Waals surface area contributed by atoms with Crippen molar-refractivity contribution in [2.24, 2.45) is 0 Å². The minimum absolute atomic E-state index is 0.102. The van der Waals surface area contributed by atoms with Gasteiger partial charge in [-0.05, 0) is 81.1 Å². The lowest BCUT2D eigenvalue weighted by Crippen LogP contribution is -2.15. The molecule has 0 radical (unpaired) electrons. The summed E-state index contributed by atoms with van der Waals surface area (Å²) in [5.74, 6) is 1.50. The molecule has 8 heteroatoms. The number of benzene rings is 2. The molecule has 0 bridgehead atoms. The Balaban J connectivity index is 1.70. The standard InChI is InChI=1S/C25H29ClN4O2S/c1-7-10-30-24(19(6)32-21-12-17(4)23(26)18(5)13-21)28-29-25(30)33-14-22(31)27-20-9-8-15(2)16(3)11-20/h7-9,11-13,19H,1,10,14H2,2-6H3,(H,27,31). The molecular weight excluding hydrogens is 456 g/mol. The number of hydrogen-bond donors (Lipinski definition) is 1. The van der Waals surface area contributed by atoms with E-state index in [0.717, 1.165) is 33.1 Å². The maximum atomic E-state index is 12.5. The molecular formula is C25H29ClN4O2S. The van der Waals surface area contributed by atoms with Crippen molar-refractivity contribution in [3.63, 3.8) is 0 Å². The van der Waals surface area contributed by atoms with Gasteiger partial charge in [0.2, 0.25) is 5.91 Å². The number of amides is 1. The van der Waals surface area contributed by atoms with Crippen molar-refractivity contribution < 1.29 is 9.53 Å². The summed E-state index contributed by atoms with van der Waals surface area (Å²) in [6.07, 6.45) is 1.42. The molecule has 0 aliphatic carbocycles. The molecule has 0 spiro atoms. The number of thioether (sulfide) groups is 1. The van der Waals surface area contributed by atoms with Crippen molar-refractivity contribution >= 4 is 35.0 Å². The lowest BCUT2D eigenvalue weighted by Gasteiger charge is -2.17. The number of nitrogens with one attached hydrogen (secondary N) is 1. The number of aryl methyl sites for hydroxylation is 4. The molecule has 0 aliphatic rings. The Hall–Kier alpha value is -2.77. The highest BCUT2D eigenvalue weighted by Gasteiger charge is 2.20. The average Bonchev–Trinajstić information content (AvgIpc) is 3.16. The van der Waals surface area contributed by atoms with E-state index in [-0.39, 0.29) is 17.8 Å². The number of halogens is 1. The van der Waals surface area contributed by atoms with Crippen LogP contribution in [0.5, 0.6) is 5.75 Å². The number of aromatic nitrogens is 3. The van der Waals surface area contributed by atoms with Crippen LogP contribution in [0.25, 0.3) is 0 Å². The van der Waals surface area contributed by atoms with Crippen LogP contribution in [0.1, 0.15) is 41.1 Å². The molecule has 0 saturated carbocycles. The minimum atomic E-state index is -0.351. The van der Waals surface area contributed by atoms with Crippen molar-refractivity contribution in [3.05, 3.63) is 76.1 Å². The van der Waals surface area contributed by atoms with Gasteiger partial charge in [0.25, 0.3) is 0 Å². The van der Waals surface area contributed by atoms with Gasteiger partial charge in [0.05, 0.1) is 5.75 Å². The number of nitrogens with zero attached hydrogens (tertiary/aromatic N) is 3. The van der Waals surface area contributed by atoms with E-state index in [1.54, 1.807) is 6.08 Å². The van der Waals surface area contributed by atoms with Gasteiger partial charge in [-0.25, -0.2) is 0 Å². The highest BCUT2D eigenvalue weighted by Crippen LogP contribution is 2.30. The summed E-state index contributed by atoms with van der Waals surface area (Å²) in [6.45, 7) is 14.2. The number of anilines is 1. The van der Waals surface area contributed by atoms with E-state index in [2.05, 4.69) is 22.1 Å². The Morgan fingerprint density at radius 1 is 1.15 bits per heavy atom. The number of ether oxygens (including phenoxy) is 1. The summed E-state index contributed by atoms with van der Waals surface area (Å²) in [5.41, 5.74) is 5.02. The number of carbonyl (C=O) groups is 1. The summed E-state index contributed by atoms with van der Waals surface area (Å²) in [4.78, 5) is 12.5. The Morgan fingerprint density at radius 3 is 2.48 bits per heavy atom. The van der Waals surface area contributed by atoms with Gasteiger partial charge in [-0.15, -0.1) is 16.8 Å². The van der Waals surface area contributed by atoms with E-state index >= 15 is 0 Å². The Bertz CT molecular complexity index is 1150. The first kappa shape index (κ1) is 24.9. The fourth-order valence-electron chi connectivity index (χ4n) is 3.39. The van der Waals surface area contributed by atoms with Crippen LogP contribution in [-0.2, 0) is 11.3 Å². The van der Waals surface area contributed by atoms with Crippen molar-refractivity contribution in [2.75, 3.05) is 11.1 Å². The average molecular weight is 485 g/mol. The predicted molar refractivity (Wildman–Crippen MR) is 135 cm³/mol. The molecule has 1 unspecified atom stereocenters. The molecule has 33 heavy (non-hydrogen) atoms. The first-order valence-electron chi connectivity index (χ1n) is 10.7. The van der Waals surface area contributed by atoms with Gasteiger partial charge in [-0.3, -0.25) is 9.36 Å². The monoisotopic (exact) mass is 484 g/mol. The van der Waals surface area contributed by atoms with Crippen LogP contribution in [0.15, 0.2) is 48.1 Å². The van der Waals surface area contributed by atoms with Crippen LogP contribution >= 0.6 is 23.4 Å². The van der Waals surface area contributed by atoms with Crippen LogP contribution in [0.3, 0.4) is 0 Å². The van der Waals surface area contributed by atoms with Gasteiger partial charge in [0.15, 0.2) is 17.1 Å². The van der Waals surface area contributed by atoms with E-state index in [1.807, 2.05) is 69.5 Å². The van der Waals surface area contributed by atoms with Crippen molar-refractivity contribution in [1.82, 2.24) is 14.8 Å². The largest absolute Gasteiger partial charge is 0.483 e. The Labute approximate surface area is 204 Å². The maximum Gasteiger partial charge on any atom is 0.234 e. The minimum Gasteiger partial charge on any atom is -0.483 e. The third-order valence-electron chi connectivity index (χ3n) is 5.27. The quantitative estimate of drug-likeness (QED) is 0.288. The molecule has 1 heterocycles. The molecule has 6 nitrogen and oxygen atoms in total. The Morgan fingerprint density at radius 2 is 1.85 bits per heavy atom. The number of hydrogen-bond acceptors (Lipinski definition) is 5. The molecule has 174 valence electrons. The fraction of sp³-hybridized carbons (Fsp3) is 0.320. The fourth-order valence-corrected chi connectivity index (χ4v) is 4.25.